The summed E-state index contributed by atoms with van der Waals surface area (Å²) in [5, 5.41) is 6.31. The van der Waals surface area contributed by atoms with Crippen molar-refractivity contribution >= 4 is 17.3 Å². The molecule has 0 fully saturated rings. The maximum Gasteiger partial charge on any atom is 0.224 e. The number of nitrogens with one attached hydrogen (secondary N) is 2. The molecule has 0 heterocycles. The minimum Gasteiger partial charge on any atom is -0.381 e. The van der Waals surface area contributed by atoms with Crippen LogP contribution in [0.4, 0.5) is 11.4 Å². The van der Waals surface area contributed by atoms with Crippen molar-refractivity contribution in [1.29, 1.82) is 0 Å². The highest BCUT2D eigenvalue weighted by Crippen LogP contribution is 2.20. The number of anilines is 2. The van der Waals surface area contributed by atoms with Crippen molar-refractivity contribution in [2.24, 2.45) is 0 Å². The summed E-state index contributed by atoms with van der Waals surface area (Å²) in [7, 11) is 0. The van der Waals surface area contributed by atoms with Crippen molar-refractivity contribution < 1.29 is 4.79 Å². The fraction of sp³-hybridized carbons (Fsp3) is 0.174. The molecular weight excluding hydrogens is 320 g/mol. The van der Waals surface area contributed by atoms with Crippen molar-refractivity contribution in [3.8, 4) is 11.1 Å². The van der Waals surface area contributed by atoms with Gasteiger partial charge >= 0.3 is 0 Å². The number of carbonyl (C=O) groups excluding carboxylic acids is 1. The van der Waals surface area contributed by atoms with Crippen LogP contribution in [0.25, 0.3) is 11.1 Å². The molecule has 0 unspecified atom stereocenters. The zero-order valence-electron chi connectivity index (χ0n) is 15.0. The topological polar surface area (TPSA) is 41.1 Å². The fourth-order valence-electron chi connectivity index (χ4n) is 2.77. The molecule has 0 bridgehead atoms. The van der Waals surface area contributed by atoms with Crippen LogP contribution in [0.15, 0.2) is 78.9 Å². The zero-order valence-corrected chi connectivity index (χ0v) is 15.0. The van der Waals surface area contributed by atoms with E-state index in [0.717, 1.165) is 24.3 Å². The van der Waals surface area contributed by atoms with E-state index in [9.17, 15) is 4.79 Å². The normalized spacial score (nSPS) is 10.3. The van der Waals surface area contributed by atoms with Crippen molar-refractivity contribution in [2.75, 3.05) is 10.6 Å². The second-order valence-electron chi connectivity index (χ2n) is 6.29. The minimum absolute atomic E-state index is 0.0618. The molecule has 0 aliphatic rings. The molecule has 3 rings (SSSR count). The van der Waals surface area contributed by atoms with Gasteiger partial charge in [-0.25, -0.2) is 0 Å². The Bertz CT molecular complexity index is 824. The van der Waals surface area contributed by atoms with E-state index in [1.54, 1.807) is 0 Å². The zero-order chi connectivity index (χ0) is 18.2. The highest BCUT2D eigenvalue weighted by Gasteiger charge is 2.01. The first-order valence-electron chi connectivity index (χ1n) is 9.03. The molecule has 1 amide bonds. The lowest BCUT2D eigenvalue weighted by molar-refractivity contribution is -0.116. The number of rotatable bonds is 7. The second-order valence-corrected chi connectivity index (χ2v) is 6.29. The highest BCUT2D eigenvalue weighted by atomic mass is 16.1. The summed E-state index contributed by atoms with van der Waals surface area (Å²) in [6, 6.07) is 26.8. The van der Waals surface area contributed by atoms with Crippen LogP contribution in [0.1, 0.15) is 25.3 Å². The molecular formula is C23H24N2O. The Kier molecular flexibility index (Phi) is 6.05. The molecule has 0 radical (unpaired) electrons. The van der Waals surface area contributed by atoms with Gasteiger partial charge in [0.15, 0.2) is 0 Å². The fourth-order valence-corrected chi connectivity index (χ4v) is 2.77. The smallest absolute Gasteiger partial charge is 0.224 e. The van der Waals surface area contributed by atoms with E-state index >= 15 is 0 Å². The number of benzene rings is 3. The number of hydrogen-bond acceptors (Lipinski definition) is 2. The van der Waals surface area contributed by atoms with Gasteiger partial charge in [0.1, 0.15) is 0 Å². The summed E-state index contributed by atoms with van der Waals surface area (Å²) in [5.74, 6) is 0.0618. The highest BCUT2D eigenvalue weighted by molar-refractivity contribution is 5.90. The molecule has 0 saturated heterocycles. The van der Waals surface area contributed by atoms with Crippen LogP contribution < -0.4 is 10.6 Å². The van der Waals surface area contributed by atoms with Crippen LogP contribution in [0.2, 0.25) is 0 Å². The summed E-state index contributed by atoms with van der Waals surface area (Å²) in [5.41, 5.74) is 5.55. The molecule has 3 heteroatoms. The average Bonchev–Trinajstić information content (AvgIpc) is 2.69. The summed E-state index contributed by atoms with van der Waals surface area (Å²) < 4.78 is 0. The number of carbonyl (C=O) groups is 1. The van der Waals surface area contributed by atoms with E-state index in [-0.39, 0.29) is 5.91 Å². The standard InChI is InChI=1S/C23H24N2O/c1-2-6-23(26)25-22-15-13-21(14-16-22)24-17-18-9-11-20(12-10-18)19-7-4-3-5-8-19/h3-5,7-16,24H,2,6,17H2,1H3,(H,25,26). The Hall–Kier alpha value is -3.07. The van der Waals surface area contributed by atoms with Crippen LogP contribution >= 0.6 is 0 Å². The molecule has 0 aliphatic heterocycles. The van der Waals surface area contributed by atoms with Crippen LogP contribution in [-0.4, -0.2) is 5.91 Å². The molecule has 0 saturated carbocycles. The lowest BCUT2D eigenvalue weighted by Gasteiger charge is -2.09. The van der Waals surface area contributed by atoms with E-state index in [1.807, 2.05) is 37.3 Å². The maximum atomic E-state index is 11.6. The van der Waals surface area contributed by atoms with Gasteiger partial charge in [-0.2, -0.15) is 0 Å². The molecule has 132 valence electrons. The Balaban J connectivity index is 1.55. The average molecular weight is 344 g/mol. The molecule has 3 aromatic carbocycles. The van der Waals surface area contributed by atoms with Gasteiger partial charge in [-0.1, -0.05) is 61.5 Å². The Morgan fingerprint density at radius 3 is 2.04 bits per heavy atom. The minimum atomic E-state index is 0.0618. The summed E-state index contributed by atoms with van der Waals surface area (Å²) in [4.78, 5) is 11.6. The molecule has 0 aromatic heterocycles. The third kappa shape index (κ3) is 4.96. The first kappa shape index (κ1) is 17.7. The van der Waals surface area contributed by atoms with E-state index in [4.69, 9.17) is 0 Å². The molecule has 0 atom stereocenters. The van der Waals surface area contributed by atoms with Crippen molar-refractivity contribution in [1.82, 2.24) is 0 Å². The maximum absolute atomic E-state index is 11.6. The predicted molar refractivity (Wildman–Crippen MR) is 109 cm³/mol. The summed E-state index contributed by atoms with van der Waals surface area (Å²) in [6.45, 7) is 2.76. The summed E-state index contributed by atoms with van der Waals surface area (Å²) in [6.07, 6.45) is 1.41. The molecule has 2 N–H and O–H groups in total. The largest absolute Gasteiger partial charge is 0.381 e. The van der Waals surface area contributed by atoms with Gasteiger partial charge in [0, 0.05) is 24.3 Å². The molecule has 3 aromatic rings. The van der Waals surface area contributed by atoms with Crippen molar-refractivity contribution in [3.05, 3.63) is 84.4 Å². The van der Waals surface area contributed by atoms with Gasteiger partial charge in [0.25, 0.3) is 0 Å². The van der Waals surface area contributed by atoms with Crippen LogP contribution in [-0.2, 0) is 11.3 Å². The van der Waals surface area contributed by atoms with Crippen molar-refractivity contribution in [2.45, 2.75) is 26.3 Å². The molecule has 0 aliphatic carbocycles. The quantitative estimate of drug-likeness (QED) is 0.577. The third-order valence-electron chi connectivity index (χ3n) is 4.20. The Morgan fingerprint density at radius 2 is 1.38 bits per heavy atom. The van der Waals surface area contributed by atoms with Gasteiger partial charge in [-0.3, -0.25) is 4.79 Å². The van der Waals surface area contributed by atoms with Gasteiger partial charge in [-0.15, -0.1) is 0 Å². The predicted octanol–water partition coefficient (Wildman–Crippen LogP) is 5.70. The first-order chi connectivity index (χ1) is 12.7. The van der Waals surface area contributed by atoms with E-state index in [2.05, 4.69) is 59.2 Å². The van der Waals surface area contributed by atoms with E-state index < -0.39 is 0 Å². The van der Waals surface area contributed by atoms with Crippen molar-refractivity contribution in [3.63, 3.8) is 0 Å². The van der Waals surface area contributed by atoms with Crippen LogP contribution in [0.5, 0.6) is 0 Å². The first-order valence-corrected chi connectivity index (χ1v) is 9.03. The molecule has 26 heavy (non-hydrogen) atoms. The van der Waals surface area contributed by atoms with Crippen LogP contribution in [0, 0.1) is 0 Å². The van der Waals surface area contributed by atoms with Gasteiger partial charge in [-0.05, 0) is 47.4 Å². The van der Waals surface area contributed by atoms with Gasteiger partial charge in [0.05, 0.1) is 0 Å². The third-order valence-corrected chi connectivity index (χ3v) is 4.20. The Morgan fingerprint density at radius 1 is 0.769 bits per heavy atom. The second kappa shape index (κ2) is 8.86. The lowest BCUT2D eigenvalue weighted by atomic mass is 10.0. The van der Waals surface area contributed by atoms with E-state index in [0.29, 0.717) is 6.42 Å². The van der Waals surface area contributed by atoms with E-state index in [1.165, 1.54) is 16.7 Å². The monoisotopic (exact) mass is 344 g/mol. The molecule has 3 nitrogen and oxygen atoms in total. The van der Waals surface area contributed by atoms with Gasteiger partial charge < -0.3 is 10.6 Å². The van der Waals surface area contributed by atoms with Crippen LogP contribution in [0.3, 0.4) is 0 Å². The lowest BCUT2D eigenvalue weighted by Crippen LogP contribution is -2.10. The number of amides is 1. The number of hydrogen-bond donors (Lipinski definition) is 2. The van der Waals surface area contributed by atoms with Gasteiger partial charge in [0.2, 0.25) is 5.91 Å². The Labute approximate surface area is 155 Å². The molecule has 0 spiro atoms. The summed E-state index contributed by atoms with van der Waals surface area (Å²) >= 11 is 0. The SMILES string of the molecule is CCCC(=O)Nc1ccc(NCc2ccc(-c3ccccc3)cc2)cc1.